The second kappa shape index (κ2) is 7.82. The molecule has 0 atom stereocenters. The van der Waals surface area contributed by atoms with E-state index in [1.807, 2.05) is 30.3 Å². The number of rotatable bonds is 5. The van der Waals surface area contributed by atoms with Crippen LogP contribution < -0.4 is 11.1 Å². The Balaban J connectivity index is 0.00000192. The van der Waals surface area contributed by atoms with Gasteiger partial charge in [-0.2, -0.15) is 0 Å². The molecular weight excluding hydrogens is 314 g/mol. The minimum atomic E-state index is 0. The smallest absolute Gasteiger partial charge is 0.153 e. The van der Waals surface area contributed by atoms with Crippen molar-refractivity contribution in [1.82, 2.24) is 20.3 Å². The predicted molar refractivity (Wildman–Crippen MR) is 93.2 cm³/mol. The van der Waals surface area contributed by atoms with Crippen molar-refractivity contribution in [2.24, 2.45) is 0 Å². The number of anilines is 1. The monoisotopic (exact) mass is 331 g/mol. The summed E-state index contributed by atoms with van der Waals surface area (Å²) in [5.41, 5.74) is 10.2. The molecule has 6 nitrogen and oxygen atoms in total. The van der Waals surface area contributed by atoms with Crippen molar-refractivity contribution in [3.05, 3.63) is 48.3 Å². The van der Waals surface area contributed by atoms with Gasteiger partial charge >= 0.3 is 0 Å². The normalized spacial score (nSPS) is 10.5. The Hall–Kier alpha value is -2.28. The van der Waals surface area contributed by atoms with Crippen LogP contribution in [0.4, 0.5) is 5.82 Å². The van der Waals surface area contributed by atoms with E-state index >= 15 is 0 Å². The number of fused-ring (bicyclic) bond motifs is 1. The van der Waals surface area contributed by atoms with Gasteiger partial charge in [0.15, 0.2) is 5.82 Å². The largest absolute Gasteiger partial charge is 0.395 e. The summed E-state index contributed by atoms with van der Waals surface area (Å²) in [4.78, 5) is 12.7. The van der Waals surface area contributed by atoms with E-state index in [2.05, 4.69) is 26.3 Å². The Morgan fingerprint density at radius 3 is 2.83 bits per heavy atom. The molecule has 3 aromatic rings. The van der Waals surface area contributed by atoms with E-state index in [-0.39, 0.29) is 19.0 Å². The summed E-state index contributed by atoms with van der Waals surface area (Å²) < 4.78 is 0. The third kappa shape index (κ3) is 3.92. The number of nitrogens with zero attached hydrogens (tertiary/aromatic N) is 3. The first-order valence-corrected chi connectivity index (χ1v) is 7.06. The number of halogens is 1. The van der Waals surface area contributed by atoms with E-state index in [4.69, 9.17) is 10.8 Å². The molecule has 2 aromatic heterocycles. The highest BCUT2D eigenvalue weighted by Crippen LogP contribution is 2.22. The van der Waals surface area contributed by atoms with Gasteiger partial charge in [-0.1, -0.05) is 18.2 Å². The number of aliphatic hydroxyl groups is 1. The van der Waals surface area contributed by atoms with Crippen LogP contribution in [-0.2, 0) is 6.54 Å². The van der Waals surface area contributed by atoms with Gasteiger partial charge in [0.2, 0.25) is 0 Å². The maximum Gasteiger partial charge on any atom is 0.153 e. The average molecular weight is 332 g/mol. The van der Waals surface area contributed by atoms with Crippen LogP contribution >= 0.6 is 12.4 Å². The van der Waals surface area contributed by atoms with Crippen molar-refractivity contribution in [1.29, 1.82) is 0 Å². The molecule has 0 aliphatic rings. The van der Waals surface area contributed by atoms with Gasteiger partial charge in [-0.25, -0.2) is 15.0 Å². The Morgan fingerprint density at radius 1 is 1.13 bits per heavy atom. The fourth-order valence-electron chi connectivity index (χ4n) is 2.27. The Morgan fingerprint density at radius 2 is 2.00 bits per heavy atom. The van der Waals surface area contributed by atoms with Crippen LogP contribution in [0, 0.1) is 0 Å². The lowest BCUT2D eigenvalue weighted by Gasteiger charge is -2.07. The van der Waals surface area contributed by atoms with Crippen LogP contribution in [0.3, 0.4) is 0 Å². The first kappa shape index (κ1) is 17.1. The minimum absolute atomic E-state index is 0. The predicted octanol–water partition coefficient (Wildman–Crippen LogP) is 1.78. The summed E-state index contributed by atoms with van der Waals surface area (Å²) in [5, 5.41) is 12.0. The van der Waals surface area contributed by atoms with E-state index < -0.39 is 0 Å². The zero-order valence-electron chi connectivity index (χ0n) is 12.4. The van der Waals surface area contributed by atoms with Gasteiger partial charge in [-0.15, -0.1) is 12.4 Å². The maximum absolute atomic E-state index is 8.81. The summed E-state index contributed by atoms with van der Waals surface area (Å²) in [5.74, 6) is 0.382. The number of nitrogens with one attached hydrogen (secondary N) is 1. The number of aromatic nitrogens is 3. The van der Waals surface area contributed by atoms with Crippen molar-refractivity contribution in [2.75, 3.05) is 18.9 Å². The third-order valence-electron chi connectivity index (χ3n) is 3.35. The van der Waals surface area contributed by atoms with Gasteiger partial charge in [0.25, 0.3) is 0 Å². The SMILES string of the molecule is Cl.Nc1ncnc2ccc(-c3cccc(CNCCO)c3)nc12. The highest BCUT2D eigenvalue weighted by molar-refractivity contribution is 5.86. The topological polar surface area (TPSA) is 97.0 Å². The van der Waals surface area contributed by atoms with Crippen LogP contribution in [0.1, 0.15) is 5.56 Å². The molecular formula is C16H18ClN5O. The lowest BCUT2D eigenvalue weighted by atomic mass is 10.1. The lowest BCUT2D eigenvalue weighted by molar-refractivity contribution is 0.292. The first-order chi connectivity index (χ1) is 10.8. The van der Waals surface area contributed by atoms with E-state index in [0.29, 0.717) is 24.4 Å². The van der Waals surface area contributed by atoms with E-state index in [1.54, 1.807) is 0 Å². The fraction of sp³-hybridized carbons (Fsp3) is 0.188. The number of aliphatic hydroxyl groups excluding tert-OH is 1. The van der Waals surface area contributed by atoms with Gasteiger partial charge in [0, 0.05) is 18.7 Å². The number of pyridine rings is 1. The molecule has 0 amide bonds. The molecule has 0 spiro atoms. The van der Waals surface area contributed by atoms with Gasteiger partial charge < -0.3 is 16.2 Å². The number of hydrogen-bond acceptors (Lipinski definition) is 6. The zero-order chi connectivity index (χ0) is 15.4. The highest BCUT2D eigenvalue weighted by Gasteiger charge is 2.06. The molecule has 1 aromatic carbocycles. The van der Waals surface area contributed by atoms with Crippen LogP contribution in [0.25, 0.3) is 22.3 Å². The summed E-state index contributed by atoms with van der Waals surface area (Å²) in [6.45, 7) is 1.41. The summed E-state index contributed by atoms with van der Waals surface area (Å²) in [6.07, 6.45) is 1.44. The molecule has 0 radical (unpaired) electrons. The molecule has 0 unspecified atom stereocenters. The molecule has 0 aliphatic heterocycles. The zero-order valence-corrected chi connectivity index (χ0v) is 13.3. The minimum Gasteiger partial charge on any atom is -0.395 e. The molecule has 0 fully saturated rings. The van der Waals surface area contributed by atoms with Crippen molar-refractivity contribution in [2.45, 2.75) is 6.54 Å². The summed E-state index contributed by atoms with van der Waals surface area (Å²) >= 11 is 0. The molecule has 120 valence electrons. The molecule has 7 heteroatoms. The molecule has 0 saturated heterocycles. The summed E-state index contributed by atoms with van der Waals surface area (Å²) in [6, 6.07) is 11.9. The van der Waals surface area contributed by atoms with Gasteiger partial charge in [-0.3, -0.25) is 0 Å². The third-order valence-corrected chi connectivity index (χ3v) is 3.35. The Kier molecular flexibility index (Phi) is 5.81. The van der Waals surface area contributed by atoms with E-state index in [0.717, 1.165) is 22.3 Å². The molecule has 3 rings (SSSR count). The maximum atomic E-state index is 8.81. The quantitative estimate of drug-likeness (QED) is 0.617. The van der Waals surface area contributed by atoms with Crippen molar-refractivity contribution >= 4 is 29.3 Å². The molecule has 23 heavy (non-hydrogen) atoms. The van der Waals surface area contributed by atoms with Crippen molar-refractivity contribution < 1.29 is 5.11 Å². The average Bonchev–Trinajstić information content (AvgIpc) is 2.56. The van der Waals surface area contributed by atoms with Crippen LogP contribution in [0.5, 0.6) is 0 Å². The number of nitrogen functional groups attached to an aromatic ring is 1. The van der Waals surface area contributed by atoms with Crippen LogP contribution in [0.2, 0.25) is 0 Å². The van der Waals surface area contributed by atoms with Crippen molar-refractivity contribution in [3.8, 4) is 11.3 Å². The Bertz CT molecular complexity index is 796. The van der Waals surface area contributed by atoms with Gasteiger partial charge in [0.1, 0.15) is 11.8 Å². The molecule has 2 heterocycles. The summed E-state index contributed by atoms with van der Waals surface area (Å²) in [7, 11) is 0. The number of benzene rings is 1. The number of hydrogen-bond donors (Lipinski definition) is 3. The molecule has 0 saturated carbocycles. The van der Waals surface area contributed by atoms with Crippen LogP contribution in [0.15, 0.2) is 42.7 Å². The van der Waals surface area contributed by atoms with E-state index in [1.165, 1.54) is 6.33 Å². The number of nitrogens with two attached hydrogens (primary N) is 1. The second-order valence-corrected chi connectivity index (χ2v) is 4.92. The molecule has 0 aliphatic carbocycles. The Labute approximate surface area is 140 Å². The van der Waals surface area contributed by atoms with Gasteiger partial charge in [-0.05, 0) is 23.8 Å². The van der Waals surface area contributed by atoms with Gasteiger partial charge in [0.05, 0.1) is 17.8 Å². The second-order valence-electron chi connectivity index (χ2n) is 4.92. The lowest BCUT2D eigenvalue weighted by Crippen LogP contribution is -2.17. The fourth-order valence-corrected chi connectivity index (χ4v) is 2.27. The van der Waals surface area contributed by atoms with Crippen molar-refractivity contribution in [3.63, 3.8) is 0 Å². The molecule has 0 bridgehead atoms. The standard InChI is InChI=1S/C16H17N5O.ClH/c17-16-15-14(19-10-20-16)5-4-13(21-15)12-3-1-2-11(8-12)9-18-6-7-22;/h1-5,8,10,18,22H,6-7,9H2,(H2,17,19,20);1H. The highest BCUT2D eigenvalue weighted by atomic mass is 35.5. The molecule has 4 N–H and O–H groups in total. The first-order valence-electron chi connectivity index (χ1n) is 7.06. The van der Waals surface area contributed by atoms with Crippen LogP contribution in [-0.4, -0.2) is 33.2 Å². The van der Waals surface area contributed by atoms with E-state index in [9.17, 15) is 0 Å².